The topological polar surface area (TPSA) is 314 Å². The Morgan fingerprint density at radius 1 is 0.772 bits per heavy atom. The Kier molecular flexibility index (Phi) is 66.1. The van der Waals surface area contributed by atoms with Gasteiger partial charge in [0.15, 0.2) is 0 Å². The Balaban J connectivity index is -0.000000129. The van der Waals surface area contributed by atoms with Crippen LogP contribution in [0.25, 0.3) is 0 Å². The summed E-state index contributed by atoms with van der Waals surface area (Å²) in [6.45, 7) is 4.45. The van der Waals surface area contributed by atoms with Crippen molar-refractivity contribution >= 4 is 118 Å². The molecular formula is C32H66Ca2O21Si2. The normalized spacial score (nSPS) is 14.4. The fourth-order valence-electron chi connectivity index (χ4n) is 4.17. The van der Waals surface area contributed by atoms with Gasteiger partial charge in [0.1, 0.15) is 18.8 Å². The SMILES string of the molecule is CO[Si](CCCOCC(O)COC(=O)CCCCCO)(OC)OC.CO[Si](CCCOCC1CO1)(OC)OC.O=C1CCCCCO1.O=[C-]O.O=[C-]O.[Ca+2].[Ca+2].[OH-].[OH-]. The second-order valence-corrected chi connectivity index (χ2v) is 17.2. The van der Waals surface area contributed by atoms with Crippen LogP contribution in [0.1, 0.15) is 64.2 Å². The van der Waals surface area contributed by atoms with Crippen molar-refractivity contribution in [1.82, 2.24) is 0 Å². The van der Waals surface area contributed by atoms with Gasteiger partial charge in [-0.05, 0) is 44.9 Å². The fourth-order valence-corrected chi connectivity index (χ4v) is 7.55. The maximum Gasteiger partial charge on any atom is 2.00 e. The largest absolute Gasteiger partial charge is 2.00 e. The Bertz CT molecular complexity index is 829. The average Bonchev–Trinajstić information content (AvgIpc) is 4.02. The standard InChI is InChI=1S/C15H32O8Si.C9H20O5Si.C6H10O2.2CHO2.2Ca.2H2O/c1-19-24(20-2,21-3)11-7-10-22-12-14(17)13-23-15(18)8-5-4-6-9-16;1-10-15(11-2,12-3)6-4-5-13-7-9-8-14-9;7-6-4-2-1-3-5-8-6;2*2-1-3;;;;/h14,16-17H,4-13H2,1-3H3;9H,4-8H2,1-3H3;1-5H2;2*(H,2,3);;;2*1H2/q;;;2*-1;2*+2;;/p-2. The molecule has 0 aromatic carbocycles. The maximum atomic E-state index is 11.4. The summed E-state index contributed by atoms with van der Waals surface area (Å²) in [5.41, 5.74) is 0. The second kappa shape index (κ2) is 52.5. The fraction of sp³-hybridized carbons (Fsp3) is 0.875. The van der Waals surface area contributed by atoms with Crippen LogP contribution in [0.15, 0.2) is 0 Å². The summed E-state index contributed by atoms with van der Waals surface area (Å²) >= 11 is 0. The number of aliphatic hydroxyl groups is 2. The molecule has 2 rings (SSSR count). The van der Waals surface area contributed by atoms with Crippen molar-refractivity contribution in [3.8, 4) is 0 Å². The first-order chi connectivity index (χ1) is 25.5. The van der Waals surface area contributed by atoms with Gasteiger partial charge in [0.25, 0.3) is 0 Å². The van der Waals surface area contributed by atoms with Crippen LogP contribution in [-0.2, 0) is 69.4 Å². The van der Waals surface area contributed by atoms with E-state index in [4.69, 9.17) is 75.1 Å². The molecule has 0 aromatic heterocycles. The minimum atomic E-state index is -2.57. The van der Waals surface area contributed by atoms with E-state index in [0.717, 1.165) is 44.8 Å². The van der Waals surface area contributed by atoms with E-state index in [9.17, 15) is 14.7 Å². The van der Waals surface area contributed by atoms with Crippen molar-refractivity contribution in [1.29, 1.82) is 0 Å². The molecule has 2 atom stereocenters. The quantitative estimate of drug-likeness (QED) is 0.0320. The van der Waals surface area contributed by atoms with E-state index < -0.39 is 23.7 Å². The first kappa shape index (κ1) is 71.8. The summed E-state index contributed by atoms with van der Waals surface area (Å²) in [4.78, 5) is 38.4. The maximum absolute atomic E-state index is 11.4. The predicted octanol–water partition coefficient (Wildman–Crippen LogP) is 0.610. The summed E-state index contributed by atoms with van der Waals surface area (Å²) in [5.74, 6) is -0.370. The summed E-state index contributed by atoms with van der Waals surface area (Å²) in [5, 5.41) is 31.9. The van der Waals surface area contributed by atoms with E-state index >= 15 is 0 Å². The van der Waals surface area contributed by atoms with Crippen molar-refractivity contribution in [2.75, 3.05) is 95.5 Å². The summed E-state index contributed by atoms with van der Waals surface area (Å²) in [6.07, 6.45) is 7.32. The first-order valence-corrected chi connectivity index (χ1v) is 21.1. The molecule has 2 heterocycles. The number of epoxide rings is 1. The third-order valence-corrected chi connectivity index (χ3v) is 12.9. The molecule has 21 nitrogen and oxygen atoms in total. The van der Waals surface area contributed by atoms with Crippen molar-refractivity contribution < 1.29 is 101 Å². The zero-order chi connectivity index (χ0) is 40.6. The number of hydrogen-bond donors (Lipinski definition) is 4. The summed E-state index contributed by atoms with van der Waals surface area (Å²) < 4.78 is 57.3. The molecule has 25 heteroatoms. The average molecular weight is 923 g/mol. The van der Waals surface area contributed by atoms with Crippen molar-refractivity contribution in [3.63, 3.8) is 0 Å². The van der Waals surface area contributed by atoms with Crippen LogP contribution in [0.3, 0.4) is 0 Å². The molecule has 332 valence electrons. The Morgan fingerprint density at radius 2 is 1.25 bits per heavy atom. The van der Waals surface area contributed by atoms with Gasteiger partial charge >= 0.3 is 105 Å². The van der Waals surface area contributed by atoms with Gasteiger partial charge in [-0.2, -0.15) is 0 Å². The monoisotopic (exact) mass is 922 g/mol. The van der Waals surface area contributed by atoms with Crippen LogP contribution >= 0.6 is 0 Å². The van der Waals surface area contributed by atoms with Gasteiger partial charge in [-0.3, -0.25) is 9.59 Å². The van der Waals surface area contributed by atoms with E-state index in [2.05, 4.69) is 0 Å². The van der Waals surface area contributed by atoms with Crippen LogP contribution in [0.5, 0.6) is 0 Å². The number of hydrogen-bond acceptors (Lipinski definition) is 19. The number of carbonyl (C=O) groups excluding carboxylic acids is 2. The van der Waals surface area contributed by atoms with Crippen LogP contribution < -0.4 is 0 Å². The molecular weight excluding hydrogens is 857 g/mol. The van der Waals surface area contributed by atoms with Crippen molar-refractivity contribution in [3.05, 3.63) is 0 Å². The smallest absolute Gasteiger partial charge is 0.870 e. The van der Waals surface area contributed by atoms with Crippen molar-refractivity contribution in [2.45, 2.75) is 88.5 Å². The van der Waals surface area contributed by atoms with Gasteiger partial charge in [0.2, 0.25) is 0 Å². The van der Waals surface area contributed by atoms with Crippen LogP contribution in [0.2, 0.25) is 12.1 Å². The Labute approximate surface area is 399 Å². The molecule has 0 saturated carbocycles. The number of ether oxygens (including phenoxy) is 5. The number of cyclic esters (lactones) is 1. The van der Waals surface area contributed by atoms with Gasteiger partial charge in [-0.15, -0.1) is 0 Å². The number of unbranched alkanes of at least 4 members (excludes halogenated alkanes) is 2. The second-order valence-electron chi connectivity index (χ2n) is 11.0. The molecule has 0 radical (unpaired) electrons. The first-order valence-electron chi connectivity index (χ1n) is 17.2. The van der Waals surface area contributed by atoms with E-state index in [1.165, 1.54) is 0 Å². The van der Waals surface area contributed by atoms with E-state index in [1.54, 1.807) is 42.7 Å². The van der Waals surface area contributed by atoms with Crippen molar-refractivity contribution in [2.24, 2.45) is 0 Å². The summed E-state index contributed by atoms with van der Waals surface area (Å²) in [6, 6.07) is 1.40. The molecule has 0 aromatic rings. The van der Waals surface area contributed by atoms with E-state index in [-0.39, 0.29) is 118 Å². The van der Waals surface area contributed by atoms with Crippen LogP contribution in [-0.4, -0.2) is 257 Å². The molecule has 2 unspecified atom stereocenters. The number of rotatable bonds is 25. The molecule has 57 heavy (non-hydrogen) atoms. The van der Waals surface area contributed by atoms with E-state index in [1.807, 2.05) is 0 Å². The van der Waals surface area contributed by atoms with Gasteiger partial charge < -0.3 is 91.2 Å². The minimum absolute atomic E-state index is 0. The molecule has 2 aliphatic heterocycles. The molecule has 6 N–H and O–H groups in total. The molecule has 2 aliphatic rings. The third kappa shape index (κ3) is 47.2. The Morgan fingerprint density at radius 3 is 1.68 bits per heavy atom. The molecule has 2 saturated heterocycles. The Hall–Kier alpha value is 0.313. The third-order valence-electron chi connectivity index (χ3n) is 7.19. The zero-order valence-electron chi connectivity index (χ0n) is 34.5. The van der Waals surface area contributed by atoms with Crippen LogP contribution in [0, 0.1) is 0 Å². The molecule has 0 amide bonds. The summed E-state index contributed by atoms with van der Waals surface area (Å²) in [7, 11) is 4.58. The predicted molar refractivity (Wildman–Crippen MR) is 208 cm³/mol. The molecule has 2 fully saturated rings. The van der Waals surface area contributed by atoms with Gasteiger partial charge in [0.05, 0.1) is 26.4 Å². The molecule has 0 bridgehead atoms. The zero-order valence-corrected chi connectivity index (χ0v) is 40.9. The van der Waals surface area contributed by atoms with Gasteiger partial charge in [-0.1, -0.05) is 19.4 Å². The number of carbonyl (C=O) groups is 2. The van der Waals surface area contributed by atoms with E-state index in [0.29, 0.717) is 83.6 Å². The van der Waals surface area contributed by atoms with Gasteiger partial charge in [-0.25, -0.2) is 0 Å². The minimum Gasteiger partial charge on any atom is -0.870 e. The number of aliphatic hydroxyl groups excluding tert-OH is 4. The van der Waals surface area contributed by atoms with Crippen LogP contribution in [0.4, 0.5) is 0 Å². The molecule has 0 aliphatic carbocycles. The number of esters is 2. The van der Waals surface area contributed by atoms with Gasteiger partial charge in [0, 0.05) is 87.4 Å². The molecule has 0 spiro atoms.